The minimum atomic E-state index is -0.350. The molecule has 1 N–H and O–H groups in total. The first-order valence-corrected chi connectivity index (χ1v) is 10.4. The number of β-lactam (4-membered cyclic amide) rings is 1. The van der Waals surface area contributed by atoms with Crippen LogP contribution in [0.3, 0.4) is 0 Å². The average molecular weight is 397 g/mol. The molecule has 7 nitrogen and oxygen atoms in total. The molecule has 0 radical (unpaired) electrons. The van der Waals surface area contributed by atoms with Gasteiger partial charge in [-0.3, -0.25) is 9.59 Å². The largest absolute Gasteiger partial charge is 0.381 e. The van der Waals surface area contributed by atoms with Crippen molar-refractivity contribution in [1.82, 2.24) is 14.8 Å². The summed E-state index contributed by atoms with van der Waals surface area (Å²) in [6, 6.07) is 10.0. The number of rotatable bonds is 3. The van der Waals surface area contributed by atoms with Crippen molar-refractivity contribution in [2.75, 3.05) is 33.4 Å². The molecular weight excluding hydrogens is 370 g/mol. The van der Waals surface area contributed by atoms with Gasteiger partial charge in [0.2, 0.25) is 0 Å². The number of amides is 2. The third kappa shape index (κ3) is 2.87. The number of piperidine rings is 1. The molecule has 1 unspecified atom stereocenters. The standard InChI is InChI=1S/C22H27N3O4/c1-28-19-21(27)25(22(19)8-12-29-13-9-22)16-6-10-24(11-7-16)20(26)18-14-15-4-2-3-5-17(15)23-18/h2-5,14,16,19,23H,6-13H2,1H3. The number of hydrogen-bond donors (Lipinski definition) is 1. The minimum absolute atomic E-state index is 0.0325. The smallest absolute Gasteiger partial charge is 0.270 e. The second-order valence-corrected chi connectivity index (χ2v) is 8.33. The van der Waals surface area contributed by atoms with E-state index in [-0.39, 0.29) is 29.5 Å². The molecule has 0 aliphatic carbocycles. The van der Waals surface area contributed by atoms with E-state index in [1.165, 1.54) is 0 Å². The van der Waals surface area contributed by atoms with E-state index < -0.39 is 0 Å². The van der Waals surface area contributed by atoms with Gasteiger partial charge in [-0.15, -0.1) is 0 Å². The van der Waals surface area contributed by atoms with E-state index in [1.54, 1.807) is 7.11 Å². The summed E-state index contributed by atoms with van der Waals surface area (Å²) in [4.78, 5) is 32.9. The summed E-state index contributed by atoms with van der Waals surface area (Å²) in [5, 5.41) is 1.05. The number of aromatic amines is 1. The lowest BCUT2D eigenvalue weighted by atomic mass is 9.72. The number of para-hydroxylation sites is 1. The lowest BCUT2D eigenvalue weighted by Gasteiger charge is -2.61. The Balaban J connectivity index is 1.27. The van der Waals surface area contributed by atoms with Crippen LogP contribution in [-0.4, -0.2) is 77.7 Å². The van der Waals surface area contributed by atoms with Gasteiger partial charge in [-0.25, -0.2) is 0 Å². The highest BCUT2D eigenvalue weighted by atomic mass is 16.5. The van der Waals surface area contributed by atoms with Crippen molar-refractivity contribution in [3.8, 4) is 0 Å². The number of aromatic nitrogens is 1. The predicted octanol–water partition coefficient (Wildman–Crippen LogP) is 2.18. The van der Waals surface area contributed by atoms with Crippen LogP contribution in [0.25, 0.3) is 10.9 Å². The molecule has 2 amide bonds. The molecule has 3 aliphatic rings. The first kappa shape index (κ1) is 18.6. The minimum Gasteiger partial charge on any atom is -0.381 e. The molecule has 29 heavy (non-hydrogen) atoms. The van der Waals surface area contributed by atoms with E-state index in [2.05, 4.69) is 9.88 Å². The number of hydrogen-bond acceptors (Lipinski definition) is 4. The molecule has 1 atom stereocenters. The van der Waals surface area contributed by atoms with Crippen LogP contribution in [0.5, 0.6) is 0 Å². The summed E-state index contributed by atoms with van der Waals surface area (Å²) in [6.07, 6.45) is 2.90. The second-order valence-electron chi connectivity index (χ2n) is 8.33. The molecule has 154 valence electrons. The van der Waals surface area contributed by atoms with E-state index in [4.69, 9.17) is 9.47 Å². The molecule has 1 aromatic heterocycles. The van der Waals surface area contributed by atoms with Crippen LogP contribution in [0.1, 0.15) is 36.2 Å². The van der Waals surface area contributed by atoms with Crippen LogP contribution in [0.15, 0.2) is 30.3 Å². The number of fused-ring (bicyclic) bond motifs is 1. The lowest BCUT2D eigenvalue weighted by Crippen LogP contribution is -2.79. The van der Waals surface area contributed by atoms with Gasteiger partial charge in [0.15, 0.2) is 6.10 Å². The SMILES string of the molecule is COC1C(=O)N(C2CCN(C(=O)c3cc4ccccc4[nH]3)CC2)C12CCOCC2. The summed E-state index contributed by atoms with van der Waals surface area (Å²) in [6.45, 7) is 2.66. The summed E-state index contributed by atoms with van der Waals surface area (Å²) >= 11 is 0. The molecule has 3 aliphatic heterocycles. The average Bonchev–Trinajstić information content (AvgIpc) is 3.19. The normalized spacial score (nSPS) is 24.9. The van der Waals surface area contributed by atoms with Crippen molar-refractivity contribution in [2.24, 2.45) is 0 Å². The van der Waals surface area contributed by atoms with Crippen molar-refractivity contribution in [2.45, 2.75) is 43.4 Å². The number of ether oxygens (including phenoxy) is 2. The fourth-order valence-corrected chi connectivity index (χ4v) is 5.41. The number of nitrogens with one attached hydrogen (secondary N) is 1. The first-order valence-electron chi connectivity index (χ1n) is 10.4. The zero-order valence-electron chi connectivity index (χ0n) is 16.7. The predicted molar refractivity (Wildman–Crippen MR) is 108 cm³/mol. The highest BCUT2D eigenvalue weighted by Gasteiger charge is 2.62. The molecule has 0 saturated carbocycles. The Morgan fingerprint density at radius 3 is 2.62 bits per heavy atom. The Morgan fingerprint density at radius 1 is 1.21 bits per heavy atom. The maximum atomic E-state index is 13.0. The van der Waals surface area contributed by atoms with E-state index in [0.717, 1.165) is 36.6 Å². The van der Waals surface area contributed by atoms with Crippen LogP contribution in [0, 0.1) is 0 Å². The van der Waals surface area contributed by atoms with Gasteiger partial charge in [-0.1, -0.05) is 18.2 Å². The molecule has 3 saturated heterocycles. The van der Waals surface area contributed by atoms with E-state index in [0.29, 0.717) is 32.0 Å². The summed E-state index contributed by atoms with van der Waals surface area (Å²) in [5.41, 5.74) is 1.38. The molecule has 3 fully saturated rings. The number of carbonyl (C=O) groups excluding carboxylic acids is 2. The molecular formula is C22H27N3O4. The molecule has 5 rings (SSSR count). The Morgan fingerprint density at radius 2 is 1.93 bits per heavy atom. The summed E-state index contributed by atoms with van der Waals surface area (Å²) < 4.78 is 11.1. The zero-order valence-corrected chi connectivity index (χ0v) is 16.7. The number of carbonyl (C=O) groups is 2. The van der Waals surface area contributed by atoms with Gasteiger partial charge in [0.25, 0.3) is 11.8 Å². The van der Waals surface area contributed by atoms with Gasteiger partial charge in [-0.2, -0.15) is 0 Å². The molecule has 2 aromatic rings. The van der Waals surface area contributed by atoms with Crippen LogP contribution in [0.4, 0.5) is 0 Å². The van der Waals surface area contributed by atoms with Crippen molar-refractivity contribution in [3.63, 3.8) is 0 Å². The maximum Gasteiger partial charge on any atom is 0.270 e. The molecule has 1 aromatic carbocycles. The highest BCUT2D eigenvalue weighted by Crippen LogP contribution is 2.45. The van der Waals surface area contributed by atoms with Crippen LogP contribution in [0.2, 0.25) is 0 Å². The van der Waals surface area contributed by atoms with Gasteiger partial charge in [-0.05, 0) is 37.8 Å². The van der Waals surface area contributed by atoms with Crippen molar-refractivity contribution in [3.05, 3.63) is 36.0 Å². The Kier molecular flexibility index (Phi) is 4.59. The Hall–Kier alpha value is -2.38. The summed E-state index contributed by atoms with van der Waals surface area (Å²) in [7, 11) is 1.62. The summed E-state index contributed by atoms with van der Waals surface area (Å²) in [5.74, 6) is 0.125. The fourth-order valence-electron chi connectivity index (χ4n) is 5.41. The van der Waals surface area contributed by atoms with Crippen LogP contribution in [-0.2, 0) is 14.3 Å². The second kappa shape index (κ2) is 7.15. The number of likely N-dealkylation sites (tertiary alicyclic amines) is 2. The van der Waals surface area contributed by atoms with Gasteiger partial charge < -0.3 is 24.3 Å². The quantitative estimate of drug-likeness (QED) is 0.806. The van der Waals surface area contributed by atoms with Crippen LogP contribution >= 0.6 is 0 Å². The van der Waals surface area contributed by atoms with Gasteiger partial charge in [0.1, 0.15) is 5.69 Å². The first-order chi connectivity index (χ1) is 14.1. The van der Waals surface area contributed by atoms with Crippen molar-refractivity contribution < 1.29 is 19.1 Å². The zero-order chi connectivity index (χ0) is 20.0. The molecule has 0 bridgehead atoms. The van der Waals surface area contributed by atoms with E-state index >= 15 is 0 Å². The molecule has 7 heteroatoms. The number of benzene rings is 1. The fraction of sp³-hybridized carbons (Fsp3) is 0.545. The van der Waals surface area contributed by atoms with Gasteiger partial charge in [0.05, 0.1) is 5.54 Å². The van der Waals surface area contributed by atoms with Gasteiger partial charge >= 0.3 is 0 Å². The van der Waals surface area contributed by atoms with E-state index in [9.17, 15) is 9.59 Å². The van der Waals surface area contributed by atoms with Crippen LogP contribution < -0.4 is 0 Å². The topological polar surface area (TPSA) is 74.9 Å². The lowest BCUT2D eigenvalue weighted by molar-refractivity contribution is -0.213. The number of nitrogens with zero attached hydrogens (tertiary/aromatic N) is 2. The number of methoxy groups -OCH3 is 1. The Bertz CT molecular complexity index is 892. The third-order valence-corrected chi connectivity index (χ3v) is 6.90. The number of H-pyrrole nitrogens is 1. The Labute approximate surface area is 169 Å². The molecule has 4 heterocycles. The van der Waals surface area contributed by atoms with Crippen molar-refractivity contribution in [1.29, 1.82) is 0 Å². The third-order valence-electron chi connectivity index (χ3n) is 6.90. The highest BCUT2D eigenvalue weighted by molar-refractivity contribution is 5.98. The van der Waals surface area contributed by atoms with Crippen molar-refractivity contribution >= 4 is 22.7 Å². The maximum absolute atomic E-state index is 13.0. The molecule has 1 spiro atoms. The monoisotopic (exact) mass is 397 g/mol. The van der Waals surface area contributed by atoms with E-state index in [1.807, 2.05) is 35.2 Å². The van der Waals surface area contributed by atoms with Gasteiger partial charge in [0, 0.05) is 50.4 Å².